The number of aryl methyl sites for hydroxylation is 1. The summed E-state index contributed by atoms with van der Waals surface area (Å²) in [5, 5.41) is 5.94. The number of halogens is 1. The number of anilines is 2. The summed E-state index contributed by atoms with van der Waals surface area (Å²) in [6.07, 6.45) is 5.40. The summed E-state index contributed by atoms with van der Waals surface area (Å²) in [5.41, 5.74) is 3.02. The Morgan fingerprint density at radius 2 is 1.89 bits per heavy atom. The Balaban J connectivity index is 1.40. The molecule has 2 amide bonds. The first-order valence-electron chi connectivity index (χ1n) is 12.6. The molecule has 10 heteroatoms. The maximum atomic E-state index is 14.1. The third-order valence-electron chi connectivity index (χ3n) is 6.98. The Morgan fingerprint density at radius 1 is 1.11 bits per heavy atom. The van der Waals surface area contributed by atoms with E-state index in [2.05, 4.69) is 53.8 Å². The van der Waals surface area contributed by atoms with Gasteiger partial charge in [0.2, 0.25) is 0 Å². The van der Waals surface area contributed by atoms with E-state index in [1.54, 1.807) is 36.4 Å². The van der Waals surface area contributed by atoms with Crippen LogP contribution in [-0.2, 0) is 0 Å². The second-order valence-electron chi connectivity index (χ2n) is 9.48. The van der Waals surface area contributed by atoms with Crippen molar-refractivity contribution in [2.24, 2.45) is 0 Å². The van der Waals surface area contributed by atoms with Crippen molar-refractivity contribution < 1.29 is 14.0 Å². The van der Waals surface area contributed by atoms with E-state index < -0.39 is 11.8 Å². The zero-order valence-electron chi connectivity index (χ0n) is 21.2. The van der Waals surface area contributed by atoms with Gasteiger partial charge in [0, 0.05) is 0 Å². The first kappa shape index (κ1) is 26.1. The number of likely N-dealkylation sites (tertiary alicyclic amines) is 1. The van der Waals surface area contributed by atoms with Crippen LogP contribution in [-0.4, -0.2) is 67.7 Å². The topological polar surface area (TPSA) is 92.2 Å². The van der Waals surface area contributed by atoms with Crippen LogP contribution in [0.4, 0.5) is 20.6 Å². The van der Waals surface area contributed by atoms with Crippen LogP contribution in [0.1, 0.15) is 47.3 Å². The number of carbonyl (C=O) groups excluding carboxylic acids is 2. The summed E-state index contributed by atoms with van der Waals surface area (Å²) in [6.45, 7) is 7.03. The third-order valence-corrected chi connectivity index (χ3v) is 7.70. The van der Waals surface area contributed by atoms with E-state index in [1.807, 2.05) is 13.1 Å². The molecular weight excluding hydrogens is 546 g/mol. The fourth-order valence-corrected chi connectivity index (χ4v) is 5.52. The fraction of sp³-hybridized carbons (Fsp3) is 0.286. The average Bonchev–Trinajstić information content (AvgIpc) is 3.31. The van der Waals surface area contributed by atoms with Gasteiger partial charge in [-0.2, -0.15) is 0 Å². The number of aromatic nitrogens is 3. The van der Waals surface area contributed by atoms with Gasteiger partial charge >= 0.3 is 200 Å². The van der Waals surface area contributed by atoms with E-state index in [-0.39, 0.29) is 17.5 Å². The minimum absolute atomic E-state index is 0.0842. The molecule has 1 aliphatic heterocycles. The number of hydrogen-bond donors (Lipinski definition) is 2. The number of rotatable bonds is 6. The number of carbonyl (C=O) groups is 2. The molecule has 2 N–H and O–H groups in total. The fourth-order valence-electron chi connectivity index (χ4n) is 4.95. The number of piperidine rings is 1. The van der Waals surface area contributed by atoms with Crippen molar-refractivity contribution >= 4 is 55.6 Å². The molecule has 2 radical (unpaired) electrons. The third kappa shape index (κ3) is 5.35. The van der Waals surface area contributed by atoms with Crippen LogP contribution < -0.4 is 15.1 Å². The van der Waals surface area contributed by atoms with E-state index in [9.17, 15) is 14.0 Å². The van der Waals surface area contributed by atoms with E-state index >= 15 is 0 Å². The van der Waals surface area contributed by atoms with Crippen LogP contribution in [0, 0.1) is 12.7 Å². The van der Waals surface area contributed by atoms with Crippen LogP contribution >= 0.6 is 0 Å². The maximum absolute atomic E-state index is 14.1. The summed E-state index contributed by atoms with van der Waals surface area (Å²) >= 11 is 2.43. The van der Waals surface area contributed by atoms with Crippen LogP contribution in [0.5, 0.6) is 0 Å². The summed E-state index contributed by atoms with van der Waals surface area (Å²) < 4.78 is 16.9. The quantitative estimate of drug-likeness (QED) is 0.266. The molecule has 8 nitrogen and oxygen atoms in total. The Bertz CT molecular complexity index is 1510. The molecule has 4 aromatic rings. The Hall–Kier alpha value is -3.55. The van der Waals surface area contributed by atoms with Crippen molar-refractivity contribution in [1.29, 1.82) is 0 Å². The Kier molecular flexibility index (Phi) is 7.58. The molecule has 3 heterocycles. The van der Waals surface area contributed by atoms with Crippen molar-refractivity contribution in [2.75, 3.05) is 30.3 Å². The number of urea groups is 1. The van der Waals surface area contributed by atoms with Gasteiger partial charge in [0.25, 0.3) is 0 Å². The van der Waals surface area contributed by atoms with Crippen molar-refractivity contribution in [1.82, 2.24) is 19.4 Å². The molecule has 194 valence electrons. The van der Waals surface area contributed by atoms with Crippen molar-refractivity contribution in [3.63, 3.8) is 0 Å². The standard InChI is InChI=1S/C28H28AsFN6O2/c1-3-35-11-9-20(10-12-35)36-15-21(24-26(29)31-16-32-27(24)36)25(37)18-5-4-6-19(14-18)33-28(38)34-23-13-17(2)7-8-22(23)30/h4-8,13-16,20H,3,9-12H2,1-2H3,(H2,33,34,38). The molecule has 1 fully saturated rings. The molecule has 0 atom stereocenters. The van der Waals surface area contributed by atoms with Gasteiger partial charge in [0.15, 0.2) is 0 Å². The number of benzene rings is 2. The van der Waals surface area contributed by atoms with Gasteiger partial charge in [-0.05, 0) is 18.6 Å². The Labute approximate surface area is 229 Å². The number of amides is 2. The van der Waals surface area contributed by atoms with Crippen LogP contribution in [0.2, 0.25) is 0 Å². The molecular formula is C28H28AsFN6O2. The van der Waals surface area contributed by atoms with Crippen LogP contribution in [0.25, 0.3) is 11.0 Å². The summed E-state index contributed by atoms with van der Waals surface area (Å²) in [6, 6.07) is 10.8. The van der Waals surface area contributed by atoms with Gasteiger partial charge in [0.05, 0.1) is 0 Å². The van der Waals surface area contributed by atoms with Gasteiger partial charge < -0.3 is 0 Å². The summed E-state index contributed by atoms with van der Waals surface area (Å²) in [7, 11) is 0. The predicted octanol–water partition coefficient (Wildman–Crippen LogP) is 4.20. The zero-order chi connectivity index (χ0) is 26.8. The van der Waals surface area contributed by atoms with E-state index in [0.29, 0.717) is 21.3 Å². The van der Waals surface area contributed by atoms with E-state index in [1.165, 1.54) is 12.4 Å². The monoisotopic (exact) mass is 574 g/mol. The SMILES string of the molecule is CCN1CCC(n2cc(C(=O)c3cccc(NC(=O)Nc4cc(C)ccc4F)c3)c3c([As])ncnc32)CC1. The number of fused-ring (bicyclic) bond motifs is 1. The number of nitrogens with one attached hydrogen (secondary N) is 2. The molecule has 1 saturated heterocycles. The first-order chi connectivity index (χ1) is 18.3. The molecule has 0 spiro atoms. The molecule has 5 rings (SSSR count). The van der Waals surface area contributed by atoms with Crippen LogP contribution in [0.15, 0.2) is 55.0 Å². The zero-order valence-corrected chi connectivity index (χ0v) is 23.1. The number of ketones is 1. The number of hydrogen-bond acceptors (Lipinski definition) is 5. The molecule has 1 aliphatic rings. The van der Waals surface area contributed by atoms with Crippen LogP contribution in [0.3, 0.4) is 0 Å². The molecule has 2 aromatic heterocycles. The Morgan fingerprint density at radius 3 is 2.66 bits per heavy atom. The molecule has 0 aliphatic carbocycles. The van der Waals surface area contributed by atoms with Gasteiger partial charge in [-0.25, -0.2) is 4.39 Å². The molecule has 38 heavy (non-hydrogen) atoms. The molecule has 0 unspecified atom stereocenters. The normalized spacial score (nSPS) is 14.5. The van der Waals surface area contributed by atoms with Gasteiger partial charge in [-0.15, -0.1) is 0 Å². The van der Waals surface area contributed by atoms with Gasteiger partial charge in [-0.3, -0.25) is 0 Å². The van der Waals surface area contributed by atoms with E-state index in [0.717, 1.165) is 49.1 Å². The molecule has 2 aromatic carbocycles. The summed E-state index contributed by atoms with van der Waals surface area (Å²) in [4.78, 5) is 37.6. The predicted molar refractivity (Wildman–Crippen MR) is 147 cm³/mol. The molecule has 0 saturated carbocycles. The van der Waals surface area contributed by atoms with Crippen molar-refractivity contribution in [3.8, 4) is 0 Å². The van der Waals surface area contributed by atoms with Gasteiger partial charge in [-0.1, -0.05) is 6.07 Å². The summed E-state index contributed by atoms with van der Waals surface area (Å²) in [5.74, 6) is -0.710. The first-order valence-corrected chi connectivity index (χ1v) is 13.5. The molecule has 0 bridgehead atoms. The second-order valence-corrected chi connectivity index (χ2v) is 10.4. The van der Waals surface area contributed by atoms with E-state index in [4.69, 9.17) is 0 Å². The second kappa shape index (κ2) is 11.1. The minimum atomic E-state index is -0.601. The van der Waals surface area contributed by atoms with Gasteiger partial charge in [0.1, 0.15) is 0 Å². The average molecular weight is 574 g/mol. The van der Waals surface area contributed by atoms with Crippen molar-refractivity contribution in [3.05, 3.63) is 77.5 Å². The van der Waals surface area contributed by atoms with Crippen molar-refractivity contribution in [2.45, 2.75) is 32.7 Å². The number of nitrogens with zero attached hydrogens (tertiary/aromatic N) is 4.